The van der Waals surface area contributed by atoms with Gasteiger partial charge in [0.15, 0.2) is 0 Å². The Morgan fingerprint density at radius 2 is 1.94 bits per heavy atom. The van der Waals surface area contributed by atoms with Gasteiger partial charge in [0.05, 0.1) is 0 Å². The molecule has 0 N–H and O–H groups in total. The van der Waals surface area contributed by atoms with Crippen LogP contribution >= 0.6 is 11.6 Å². The first-order valence-corrected chi connectivity index (χ1v) is 7.53. The molecule has 0 aromatic heterocycles. The summed E-state index contributed by atoms with van der Waals surface area (Å²) in [4.78, 5) is 0. The van der Waals surface area contributed by atoms with E-state index < -0.39 is 0 Å². The molecule has 5 heteroatoms. The number of ether oxygens (including phenoxy) is 1. The molecule has 2 rings (SSSR count). The molecule has 16 heavy (non-hydrogen) atoms. The van der Waals surface area contributed by atoms with Crippen molar-refractivity contribution in [1.29, 1.82) is 0 Å². The summed E-state index contributed by atoms with van der Waals surface area (Å²) in [6, 6.07) is 5.11. The Morgan fingerprint density at radius 3 is 2.31 bits per heavy atom. The summed E-state index contributed by atoms with van der Waals surface area (Å²) in [7, 11) is 0. The molecule has 1 fully saturated rings. The van der Waals surface area contributed by atoms with Crippen molar-refractivity contribution in [3.8, 4) is 0 Å². The van der Waals surface area contributed by atoms with Gasteiger partial charge >= 0.3 is 73.9 Å². The van der Waals surface area contributed by atoms with Crippen LogP contribution < -0.4 is 17.0 Å². The largest absolute Gasteiger partial charge is 1.00 e. The van der Waals surface area contributed by atoms with E-state index in [0.717, 1.165) is 42.1 Å². The third-order valence-corrected chi connectivity index (χ3v) is 3.55. The van der Waals surface area contributed by atoms with Gasteiger partial charge in [-0.25, -0.2) is 0 Å². The second kappa shape index (κ2) is 9.52. The second-order valence-corrected chi connectivity index (χ2v) is 4.74. The minimum Gasteiger partial charge on any atom is -1.00 e. The van der Waals surface area contributed by atoms with Crippen LogP contribution in [-0.4, -0.2) is 13.2 Å². The van der Waals surface area contributed by atoms with Gasteiger partial charge in [-0.2, -0.15) is 0 Å². The van der Waals surface area contributed by atoms with Gasteiger partial charge in [-0.15, -0.1) is 0 Å². The maximum atomic E-state index is 12.9. The minimum absolute atomic E-state index is 0. The summed E-state index contributed by atoms with van der Waals surface area (Å²) >= 11 is 6.60. The molecule has 1 aliphatic heterocycles. The summed E-state index contributed by atoms with van der Waals surface area (Å²) in [5, 5.41) is 1.04. The Balaban J connectivity index is 0.000000318. The van der Waals surface area contributed by atoms with Crippen LogP contribution in [0, 0.1) is 5.82 Å². The van der Waals surface area contributed by atoms with Gasteiger partial charge in [-0.05, 0) is 12.8 Å². The van der Waals surface area contributed by atoms with Crippen molar-refractivity contribution in [1.82, 2.24) is 0 Å². The Kier molecular flexibility index (Phi) is 9.82. The average molecular weight is 361 g/mol. The zero-order valence-electron chi connectivity index (χ0n) is 9.02. The standard InChI is InChI=1S/C7H5ClF.C4H8O.BrH.Zn/c1-5-3-2-4-6(8)7(5)9;1-2-4-5-3-1;;/h2-4H,1H2;1-4H2;1H;/q;;;+1/p-1. The van der Waals surface area contributed by atoms with E-state index in [0.29, 0.717) is 0 Å². The van der Waals surface area contributed by atoms with Crippen molar-refractivity contribution in [3.05, 3.63) is 34.6 Å². The van der Waals surface area contributed by atoms with Crippen LogP contribution in [-0.2, 0) is 28.1 Å². The summed E-state index contributed by atoms with van der Waals surface area (Å²) in [6.07, 6.45) is 2.56. The maximum Gasteiger partial charge on any atom is -1.00 e. The summed E-state index contributed by atoms with van der Waals surface area (Å²) in [6.45, 7) is 2.00. The van der Waals surface area contributed by atoms with Gasteiger partial charge in [-0.3, -0.25) is 0 Å². The van der Waals surface area contributed by atoms with E-state index in [4.69, 9.17) is 16.3 Å². The van der Waals surface area contributed by atoms with Gasteiger partial charge in [0.25, 0.3) is 0 Å². The van der Waals surface area contributed by atoms with E-state index in [2.05, 4.69) is 0 Å². The van der Waals surface area contributed by atoms with Crippen molar-refractivity contribution in [2.24, 2.45) is 0 Å². The molecule has 0 bridgehead atoms. The molecule has 0 saturated carbocycles. The molecule has 0 aliphatic carbocycles. The van der Waals surface area contributed by atoms with E-state index >= 15 is 0 Å². The fourth-order valence-electron chi connectivity index (χ4n) is 1.25. The van der Waals surface area contributed by atoms with E-state index in [1.165, 1.54) is 12.8 Å². The Hall–Kier alpha value is 0.503. The first-order valence-electron chi connectivity index (χ1n) is 5.05. The molecule has 0 atom stereocenters. The van der Waals surface area contributed by atoms with Gasteiger partial charge < -0.3 is 21.7 Å². The van der Waals surface area contributed by atoms with Crippen molar-refractivity contribution in [2.75, 3.05) is 13.2 Å². The first kappa shape index (κ1) is 16.5. The molecule has 1 aromatic carbocycles. The van der Waals surface area contributed by atoms with Crippen molar-refractivity contribution in [2.45, 2.75) is 17.9 Å². The van der Waals surface area contributed by atoms with Gasteiger partial charge in [0.2, 0.25) is 0 Å². The van der Waals surface area contributed by atoms with E-state index in [9.17, 15) is 4.39 Å². The normalized spacial score (nSPS) is 13.8. The third kappa shape index (κ3) is 5.72. The summed E-state index contributed by atoms with van der Waals surface area (Å²) in [5.74, 6) is -0.254. The molecule has 1 nitrogen and oxygen atoms in total. The molecule has 0 radical (unpaired) electrons. The predicted molar refractivity (Wildman–Crippen MR) is 55.2 cm³/mol. The topological polar surface area (TPSA) is 9.23 Å². The molecule has 0 unspecified atom stereocenters. The Bertz CT molecular complexity index is 300. The Morgan fingerprint density at radius 1 is 1.31 bits per heavy atom. The smallest absolute Gasteiger partial charge is 1.00 e. The van der Waals surface area contributed by atoms with Crippen LogP contribution in [0.1, 0.15) is 18.4 Å². The second-order valence-electron chi connectivity index (χ2n) is 3.28. The zero-order chi connectivity index (χ0) is 11.1. The van der Waals surface area contributed by atoms with E-state index in [1.807, 2.05) is 0 Å². The molecular weight excluding hydrogens is 348 g/mol. The molecular formula is C11H13BrClFOZn. The zero-order valence-corrected chi connectivity index (χ0v) is 14.3. The summed E-state index contributed by atoms with van der Waals surface area (Å²) in [5.41, 5.74) is 0.729. The molecule has 86 valence electrons. The van der Waals surface area contributed by atoms with E-state index in [1.54, 1.807) is 18.2 Å². The number of rotatable bonds is 1. The first-order chi connectivity index (χ1) is 7.25. The van der Waals surface area contributed by atoms with Gasteiger partial charge in [0, 0.05) is 13.2 Å². The Labute approximate surface area is 121 Å². The molecule has 0 amide bonds. The molecule has 1 heterocycles. The third-order valence-electron chi connectivity index (χ3n) is 2.13. The van der Waals surface area contributed by atoms with Crippen molar-refractivity contribution >= 4 is 11.6 Å². The number of halogens is 3. The van der Waals surface area contributed by atoms with Crippen LogP contribution in [0.3, 0.4) is 0 Å². The predicted octanol–water partition coefficient (Wildman–Crippen LogP) is 0.327. The average Bonchev–Trinajstić information content (AvgIpc) is 2.80. The molecule has 0 spiro atoms. The number of hydrogen-bond donors (Lipinski definition) is 0. The number of benzene rings is 1. The quantitative estimate of drug-likeness (QED) is 0.656. The minimum atomic E-state index is -0.254. The van der Waals surface area contributed by atoms with Crippen LogP contribution in [0.15, 0.2) is 18.2 Å². The molecule has 1 aromatic rings. The van der Waals surface area contributed by atoms with Crippen LogP contribution in [0.5, 0.6) is 0 Å². The van der Waals surface area contributed by atoms with Gasteiger partial charge in [-0.1, -0.05) is 0 Å². The van der Waals surface area contributed by atoms with Gasteiger partial charge in [0.1, 0.15) is 0 Å². The fourth-order valence-corrected chi connectivity index (χ4v) is 2.26. The van der Waals surface area contributed by atoms with Crippen LogP contribution in [0.4, 0.5) is 4.39 Å². The van der Waals surface area contributed by atoms with Crippen LogP contribution in [0.2, 0.25) is 5.02 Å². The SMILES string of the molecule is C1CCOC1.Fc1c(Cl)cccc1[CH2][Zn+].[Br-]. The number of hydrogen-bond acceptors (Lipinski definition) is 1. The molecule has 1 saturated heterocycles. The molecule has 1 aliphatic rings. The van der Waals surface area contributed by atoms with E-state index in [-0.39, 0.29) is 27.8 Å². The maximum absolute atomic E-state index is 12.9. The van der Waals surface area contributed by atoms with Crippen LogP contribution in [0.25, 0.3) is 0 Å². The summed E-state index contributed by atoms with van der Waals surface area (Å²) < 4.78 is 17.8. The monoisotopic (exact) mass is 358 g/mol. The van der Waals surface area contributed by atoms with Crippen molar-refractivity contribution in [3.63, 3.8) is 0 Å². The fraction of sp³-hybridized carbons (Fsp3) is 0.455. The van der Waals surface area contributed by atoms with Crippen molar-refractivity contribution < 1.29 is 44.4 Å².